The molecule has 0 heterocycles. The summed E-state index contributed by atoms with van der Waals surface area (Å²) in [6.07, 6.45) is -0.256. The number of ether oxygens (including phenoxy) is 2. The van der Waals surface area contributed by atoms with E-state index in [9.17, 15) is 4.57 Å². The molecular formula is C16H19O5P. The van der Waals surface area contributed by atoms with Crippen molar-refractivity contribution < 1.29 is 23.8 Å². The Labute approximate surface area is 129 Å². The molecule has 2 N–H and O–H groups in total. The lowest BCUT2D eigenvalue weighted by Gasteiger charge is -2.12. The molecule has 22 heavy (non-hydrogen) atoms. The summed E-state index contributed by atoms with van der Waals surface area (Å²) in [5, 5.41) is 0. The first-order valence-corrected chi connectivity index (χ1v) is 8.67. The van der Waals surface area contributed by atoms with E-state index in [1.54, 1.807) is 19.2 Å². The molecule has 0 saturated carbocycles. The molecule has 2 aromatic rings. The van der Waals surface area contributed by atoms with E-state index in [4.69, 9.17) is 19.3 Å². The van der Waals surface area contributed by atoms with Gasteiger partial charge in [-0.05, 0) is 30.2 Å². The first-order chi connectivity index (χ1) is 10.4. The van der Waals surface area contributed by atoms with Crippen LogP contribution in [0.25, 0.3) is 11.1 Å². The average molecular weight is 322 g/mol. The normalized spacial score (nSPS) is 11.3. The summed E-state index contributed by atoms with van der Waals surface area (Å²) in [7, 11) is -2.45. The fourth-order valence-electron chi connectivity index (χ4n) is 2.17. The van der Waals surface area contributed by atoms with E-state index >= 15 is 0 Å². The summed E-state index contributed by atoms with van der Waals surface area (Å²) in [6, 6.07) is 12.7. The summed E-state index contributed by atoms with van der Waals surface area (Å²) < 4.78 is 21.9. The van der Waals surface area contributed by atoms with Crippen LogP contribution in [0.15, 0.2) is 42.5 Å². The van der Waals surface area contributed by atoms with Gasteiger partial charge in [0.05, 0.1) is 19.9 Å². The lowest BCUT2D eigenvalue weighted by molar-refractivity contribution is 0.337. The molecule has 0 aliphatic heterocycles. The van der Waals surface area contributed by atoms with Crippen LogP contribution >= 0.6 is 7.60 Å². The van der Waals surface area contributed by atoms with Gasteiger partial charge in [0.1, 0.15) is 11.5 Å². The molecule has 2 rings (SSSR count). The van der Waals surface area contributed by atoms with Crippen molar-refractivity contribution in [2.45, 2.75) is 13.1 Å². The summed E-state index contributed by atoms with van der Waals surface area (Å²) >= 11 is 0. The molecule has 0 radical (unpaired) electrons. The third-order valence-electron chi connectivity index (χ3n) is 3.14. The van der Waals surface area contributed by atoms with Crippen molar-refractivity contribution in [2.24, 2.45) is 0 Å². The van der Waals surface area contributed by atoms with Crippen LogP contribution in [-0.2, 0) is 10.7 Å². The van der Waals surface area contributed by atoms with Gasteiger partial charge in [0, 0.05) is 11.6 Å². The zero-order valence-electron chi connectivity index (χ0n) is 12.5. The molecule has 118 valence electrons. The van der Waals surface area contributed by atoms with Crippen LogP contribution in [0.3, 0.4) is 0 Å². The standard InChI is InChI=1S/C16H19O5P/c1-3-21-16-10-14(20-2)8-9-15(16)13-6-4-12(5-7-13)11-22(17,18)19/h4-10H,3,11H2,1-2H3,(H2,17,18,19). The minimum absolute atomic E-state index is 0.256. The summed E-state index contributed by atoms with van der Waals surface area (Å²) in [4.78, 5) is 18.0. The maximum atomic E-state index is 11.0. The molecule has 5 nitrogen and oxygen atoms in total. The van der Waals surface area contributed by atoms with Gasteiger partial charge in [-0.25, -0.2) is 0 Å². The Balaban J connectivity index is 2.33. The van der Waals surface area contributed by atoms with Crippen molar-refractivity contribution in [1.82, 2.24) is 0 Å². The molecule has 0 saturated heterocycles. The first-order valence-electron chi connectivity index (χ1n) is 6.87. The Kier molecular flexibility index (Phi) is 5.24. The van der Waals surface area contributed by atoms with Crippen LogP contribution in [-0.4, -0.2) is 23.5 Å². The second kappa shape index (κ2) is 6.97. The van der Waals surface area contributed by atoms with E-state index in [-0.39, 0.29) is 6.16 Å². The topological polar surface area (TPSA) is 76.0 Å². The van der Waals surface area contributed by atoms with E-state index in [1.807, 2.05) is 37.3 Å². The molecule has 0 aliphatic rings. The molecule has 6 heteroatoms. The lowest BCUT2D eigenvalue weighted by atomic mass is 10.0. The van der Waals surface area contributed by atoms with Crippen molar-refractivity contribution in [1.29, 1.82) is 0 Å². The smallest absolute Gasteiger partial charge is 0.329 e. The Morgan fingerprint density at radius 2 is 1.77 bits per heavy atom. The highest BCUT2D eigenvalue weighted by atomic mass is 31.2. The van der Waals surface area contributed by atoms with Crippen LogP contribution in [0.1, 0.15) is 12.5 Å². The highest BCUT2D eigenvalue weighted by Crippen LogP contribution is 2.40. The summed E-state index contributed by atoms with van der Waals surface area (Å²) in [5.41, 5.74) is 2.43. The maximum Gasteiger partial charge on any atom is 0.329 e. The van der Waals surface area contributed by atoms with Gasteiger partial charge in [0.2, 0.25) is 0 Å². The Morgan fingerprint density at radius 1 is 1.09 bits per heavy atom. The van der Waals surface area contributed by atoms with Gasteiger partial charge in [-0.1, -0.05) is 24.3 Å². The van der Waals surface area contributed by atoms with Crippen molar-refractivity contribution in [3.63, 3.8) is 0 Å². The molecule has 0 fully saturated rings. The minimum atomic E-state index is -4.05. The van der Waals surface area contributed by atoms with Gasteiger partial charge < -0.3 is 19.3 Å². The van der Waals surface area contributed by atoms with Gasteiger partial charge in [-0.2, -0.15) is 0 Å². The average Bonchev–Trinajstić information content (AvgIpc) is 2.47. The van der Waals surface area contributed by atoms with Crippen LogP contribution in [0, 0.1) is 0 Å². The predicted molar refractivity (Wildman–Crippen MR) is 85.3 cm³/mol. The zero-order valence-corrected chi connectivity index (χ0v) is 13.4. The second-order valence-corrected chi connectivity index (χ2v) is 6.46. The van der Waals surface area contributed by atoms with Crippen molar-refractivity contribution in [3.8, 4) is 22.6 Å². The van der Waals surface area contributed by atoms with Crippen molar-refractivity contribution in [3.05, 3.63) is 48.0 Å². The zero-order chi connectivity index (χ0) is 16.2. The predicted octanol–water partition coefficient (Wildman–Crippen LogP) is 3.44. The first kappa shape index (κ1) is 16.6. The monoisotopic (exact) mass is 322 g/mol. The van der Waals surface area contributed by atoms with Crippen molar-refractivity contribution >= 4 is 7.60 Å². The number of hydrogen-bond donors (Lipinski definition) is 2. The van der Waals surface area contributed by atoms with E-state index in [0.717, 1.165) is 11.1 Å². The second-order valence-electron chi connectivity index (χ2n) is 4.81. The molecule has 0 atom stereocenters. The number of benzene rings is 2. The number of hydrogen-bond acceptors (Lipinski definition) is 3. The largest absolute Gasteiger partial charge is 0.497 e. The van der Waals surface area contributed by atoms with E-state index in [2.05, 4.69) is 0 Å². The van der Waals surface area contributed by atoms with Gasteiger partial charge in [-0.3, -0.25) is 4.57 Å². The molecule has 0 aliphatic carbocycles. The van der Waals surface area contributed by atoms with E-state index < -0.39 is 7.60 Å². The molecule has 0 amide bonds. The number of rotatable bonds is 6. The Hall–Kier alpha value is -1.81. The summed E-state index contributed by atoms with van der Waals surface area (Å²) in [5.74, 6) is 1.43. The fraction of sp³-hybridized carbons (Fsp3) is 0.250. The fourth-order valence-corrected chi connectivity index (χ4v) is 2.86. The van der Waals surface area contributed by atoms with Gasteiger partial charge in [-0.15, -0.1) is 0 Å². The van der Waals surface area contributed by atoms with Crippen molar-refractivity contribution in [2.75, 3.05) is 13.7 Å². The highest BCUT2D eigenvalue weighted by molar-refractivity contribution is 7.50. The lowest BCUT2D eigenvalue weighted by Crippen LogP contribution is -1.95. The third kappa shape index (κ3) is 4.34. The maximum absolute atomic E-state index is 11.0. The highest BCUT2D eigenvalue weighted by Gasteiger charge is 2.14. The van der Waals surface area contributed by atoms with Gasteiger partial charge in [0.25, 0.3) is 0 Å². The molecule has 0 spiro atoms. The molecule has 0 aromatic heterocycles. The quantitative estimate of drug-likeness (QED) is 0.797. The van der Waals surface area contributed by atoms with Gasteiger partial charge in [0.15, 0.2) is 0 Å². The molecule has 0 unspecified atom stereocenters. The molecule has 2 aromatic carbocycles. The van der Waals surface area contributed by atoms with Crippen LogP contribution < -0.4 is 9.47 Å². The summed E-state index contributed by atoms with van der Waals surface area (Å²) in [6.45, 7) is 2.45. The Morgan fingerprint density at radius 3 is 2.32 bits per heavy atom. The van der Waals surface area contributed by atoms with E-state index in [0.29, 0.717) is 23.7 Å². The van der Waals surface area contributed by atoms with Crippen LogP contribution in [0.4, 0.5) is 0 Å². The van der Waals surface area contributed by atoms with Crippen LogP contribution in [0.5, 0.6) is 11.5 Å². The van der Waals surface area contributed by atoms with Gasteiger partial charge >= 0.3 is 7.60 Å². The minimum Gasteiger partial charge on any atom is -0.497 e. The Bertz CT molecular complexity index is 675. The van der Waals surface area contributed by atoms with E-state index in [1.165, 1.54) is 0 Å². The molecule has 0 bridgehead atoms. The van der Waals surface area contributed by atoms with Crippen LogP contribution in [0.2, 0.25) is 0 Å². The SMILES string of the molecule is CCOc1cc(OC)ccc1-c1ccc(CP(=O)(O)O)cc1. The number of methoxy groups -OCH3 is 1. The molecular weight excluding hydrogens is 303 g/mol. The third-order valence-corrected chi connectivity index (χ3v) is 3.92.